The number of anilines is 2. The van der Waals surface area contributed by atoms with Crippen LogP contribution in [0, 0.1) is 5.82 Å². The molecule has 0 radical (unpaired) electrons. The molecule has 88 valence electrons. The smallest absolute Gasteiger partial charge is 0.226 e. The van der Waals surface area contributed by atoms with E-state index in [9.17, 15) is 9.18 Å². The van der Waals surface area contributed by atoms with Gasteiger partial charge in [0.15, 0.2) is 0 Å². The quantitative estimate of drug-likeness (QED) is 0.594. The van der Waals surface area contributed by atoms with Crippen molar-refractivity contribution in [2.45, 2.75) is 13.3 Å². The van der Waals surface area contributed by atoms with Gasteiger partial charge in [-0.2, -0.15) is 0 Å². The van der Waals surface area contributed by atoms with Gasteiger partial charge in [-0.15, -0.1) is 0 Å². The van der Waals surface area contributed by atoms with Gasteiger partial charge in [0.05, 0.1) is 24.4 Å². The lowest BCUT2D eigenvalue weighted by atomic mass is 10.2. The van der Waals surface area contributed by atoms with E-state index in [1.807, 2.05) is 6.92 Å². The summed E-state index contributed by atoms with van der Waals surface area (Å²) in [5.74, 6) is -0.628. The first-order valence-electron chi connectivity index (χ1n) is 5.06. The largest absolute Gasteiger partial charge is 0.397 e. The Labute approximate surface area is 93.6 Å². The Bertz CT molecular complexity index is 369. The molecule has 3 N–H and O–H groups in total. The maximum absolute atomic E-state index is 12.7. The minimum absolute atomic E-state index is 0.202. The molecule has 1 rings (SSSR count). The molecule has 0 saturated carbocycles. The van der Waals surface area contributed by atoms with Crippen LogP contribution >= 0.6 is 0 Å². The number of hydrogen-bond donors (Lipinski definition) is 2. The summed E-state index contributed by atoms with van der Waals surface area (Å²) in [4.78, 5) is 11.4. The minimum atomic E-state index is -0.426. The van der Waals surface area contributed by atoms with Crippen molar-refractivity contribution in [1.82, 2.24) is 0 Å². The van der Waals surface area contributed by atoms with Crippen LogP contribution in [0.25, 0.3) is 0 Å². The van der Waals surface area contributed by atoms with E-state index in [1.165, 1.54) is 12.1 Å². The summed E-state index contributed by atoms with van der Waals surface area (Å²) in [6, 6.07) is 3.84. The molecule has 0 atom stereocenters. The average molecular weight is 226 g/mol. The molecule has 0 aliphatic carbocycles. The first kappa shape index (κ1) is 12.4. The maximum Gasteiger partial charge on any atom is 0.226 e. The Hall–Kier alpha value is -1.62. The zero-order valence-corrected chi connectivity index (χ0v) is 9.13. The van der Waals surface area contributed by atoms with E-state index >= 15 is 0 Å². The second kappa shape index (κ2) is 6.07. The van der Waals surface area contributed by atoms with Gasteiger partial charge in [-0.1, -0.05) is 0 Å². The lowest BCUT2D eigenvalue weighted by Gasteiger charge is -2.07. The molecule has 0 unspecified atom stereocenters. The Balaban J connectivity index is 2.49. The number of hydrogen-bond acceptors (Lipinski definition) is 3. The predicted molar refractivity (Wildman–Crippen MR) is 60.6 cm³/mol. The molecule has 0 bridgehead atoms. The Morgan fingerprint density at radius 3 is 2.94 bits per heavy atom. The highest BCUT2D eigenvalue weighted by atomic mass is 19.1. The molecule has 0 fully saturated rings. The fourth-order valence-corrected chi connectivity index (χ4v) is 1.17. The number of carbonyl (C=O) groups excluding carboxylic acids is 1. The molecule has 1 aromatic carbocycles. The van der Waals surface area contributed by atoms with Crippen molar-refractivity contribution in [3.05, 3.63) is 24.0 Å². The second-order valence-corrected chi connectivity index (χ2v) is 3.23. The van der Waals surface area contributed by atoms with Crippen molar-refractivity contribution in [2.75, 3.05) is 24.3 Å². The van der Waals surface area contributed by atoms with Gasteiger partial charge in [-0.3, -0.25) is 4.79 Å². The molecule has 0 aliphatic rings. The number of nitrogens with two attached hydrogens (primary N) is 1. The number of nitrogens with one attached hydrogen (secondary N) is 1. The van der Waals surface area contributed by atoms with Crippen LogP contribution < -0.4 is 11.1 Å². The van der Waals surface area contributed by atoms with Gasteiger partial charge in [-0.25, -0.2) is 4.39 Å². The number of amides is 1. The van der Waals surface area contributed by atoms with Crippen molar-refractivity contribution < 1.29 is 13.9 Å². The van der Waals surface area contributed by atoms with E-state index in [-0.39, 0.29) is 18.0 Å². The SMILES string of the molecule is CCOCCC(=O)Nc1ccc(F)cc1N. The van der Waals surface area contributed by atoms with Gasteiger partial charge < -0.3 is 15.8 Å². The highest BCUT2D eigenvalue weighted by Gasteiger charge is 2.05. The minimum Gasteiger partial charge on any atom is -0.397 e. The summed E-state index contributed by atoms with van der Waals surface area (Å²) < 4.78 is 17.8. The molecule has 4 nitrogen and oxygen atoms in total. The van der Waals surface area contributed by atoms with E-state index in [0.717, 1.165) is 6.07 Å². The van der Waals surface area contributed by atoms with Crippen molar-refractivity contribution in [3.63, 3.8) is 0 Å². The first-order valence-corrected chi connectivity index (χ1v) is 5.06. The van der Waals surface area contributed by atoms with Crippen LogP contribution in [0.15, 0.2) is 18.2 Å². The molecule has 0 aliphatic heterocycles. The Morgan fingerprint density at radius 1 is 1.56 bits per heavy atom. The fraction of sp³-hybridized carbons (Fsp3) is 0.364. The summed E-state index contributed by atoms with van der Waals surface area (Å²) in [5.41, 5.74) is 6.17. The molecule has 1 aromatic rings. The third-order valence-electron chi connectivity index (χ3n) is 1.97. The molecule has 0 saturated heterocycles. The third kappa shape index (κ3) is 3.86. The maximum atomic E-state index is 12.7. The van der Waals surface area contributed by atoms with E-state index in [0.29, 0.717) is 18.9 Å². The van der Waals surface area contributed by atoms with Crippen molar-refractivity contribution in [1.29, 1.82) is 0 Å². The summed E-state index contributed by atoms with van der Waals surface area (Å²) in [5, 5.41) is 2.59. The number of rotatable bonds is 5. The highest BCUT2D eigenvalue weighted by molar-refractivity contribution is 5.93. The zero-order valence-electron chi connectivity index (χ0n) is 9.13. The van der Waals surface area contributed by atoms with Crippen molar-refractivity contribution in [3.8, 4) is 0 Å². The van der Waals surface area contributed by atoms with Crippen LogP contribution in [0.2, 0.25) is 0 Å². The number of benzene rings is 1. The van der Waals surface area contributed by atoms with Gasteiger partial charge in [-0.05, 0) is 25.1 Å². The summed E-state index contributed by atoms with van der Waals surface area (Å²) in [6.07, 6.45) is 0.255. The molecular weight excluding hydrogens is 211 g/mol. The number of halogens is 1. The van der Waals surface area contributed by atoms with Gasteiger partial charge in [0.25, 0.3) is 0 Å². The van der Waals surface area contributed by atoms with Crippen LogP contribution in [0.5, 0.6) is 0 Å². The molecule has 5 heteroatoms. The summed E-state index contributed by atoms with van der Waals surface area (Å²) >= 11 is 0. The van der Waals surface area contributed by atoms with Crippen molar-refractivity contribution >= 4 is 17.3 Å². The van der Waals surface area contributed by atoms with Gasteiger partial charge in [0.2, 0.25) is 5.91 Å². The standard InChI is InChI=1S/C11H15FN2O2/c1-2-16-6-5-11(15)14-10-4-3-8(12)7-9(10)13/h3-4,7H,2,5-6,13H2,1H3,(H,14,15). The fourth-order valence-electron chi connectivity index (χ4n) is 1.17. The Morgan fingerprint density at radius 2 is 2.31 bits per heavy atom. The first-order chi connectivity index (χ1) is 7.63. The van der Waals surface area contributed by atoms with Gasteiger partial charge in [0.1, 0.15) is 5.82 Å². The topological polar surface area (TPSA) is 64.3 Å². The highest BCUT2D eigenvalue weighted by Crippen LogP contribution is 2.18. The Kier molecular flexibility index (Phi) is 4.72. The third-order valence-corrected chi connectivity index (χ3v) is 1.97. The van der Waals surface area contributed by atoms with E-state index < -0.39 is 5.82 Å². The normalized spacial score (nSPS) is 10.1. The number of ether oxygens (including phenoxy) is 1. The summed E-state index contributed by atoms with van der Waals surface area (Å²) in [6.45, 7) is 2.80. The zero-order chi connectivity index (χ0) is 12.0. The lowest BCUT2D eigenvalue weighted by molar-refractivity contribution is -0.117. The lowest BCUT2D eigenvalue weighted by Crippen LogP contribution is -2.15. The predicted octanol–water partition coefficient (Wildman–Crippen LogP) is 1.77. The van der Waals surface area contributed by atoms with E-state index in [2.05, 4.69) is 5.32 Å². The second-order valence-electron chi connectivity index (χ2n) is 3.23. The molecule has 0 aromatic heterocycles. The number of carbonyl (C=O) groups is 1. The summed E-state index contributed by atoms with van der Waals surface area (Å²) in [7, 11) is 0. The van der Waals surface area contributed by atoms with Crippen LogP contribution in [-0.2, 0) is 9.53 Å². The molecule has 0 heterocycles. The van der Waals surface area contributed by atoms with Crippen LogP contribution in [0.4, 0.5) is 15.8 Å². The van der Waals surface area contributed by atoms with Gasteiger partial charge >= 0.3 is 0 Å². The van der Waals surface area contributed by atoms with Crippen molar-refractivity contribution in [2.24, 2.45) is 0 Å². The van der Waals surface area contributed by atoms with Crippen LogP contribution in [0.1, 0.15) is 13.3 Å². The average Bonchev–Trinajstić information content (AvgIpc) is 2.23. The number of nitrogen functional groups attached to an aromatic ring is 1. The van der Waals surface area contributed by atoms with Gasteiger partial charge in [0, 0.05) is 6.61 Å². The van der Waals surface area contributed by atoms with E-state index in [1.54, 1.807) is 0 Å². The molecule has 1 amide bonds. The monoisotopic (exact) mass is 226 g/mol. The molecular formula is C11H15FN2O2. The molecule has 16 heavy (non-hydrogen) atoms. The van der Waals surface area contributed by atoms with Crippen LogP contribution in [0.3, 0.4) is 0 Å². The van der Waals surface area contributed by atoms with Crippen LogP contribution in [-0.4, -0.2) is 19.1 Å². The molecule has 0 spiro atoms. The van der Waals surface area contributed by atoms with E-state index in [4.69, 9.17) is 10.5 Å².